The zero-order valence-corrected chi connectivity index (χ0v) is 10.8. The van der Waals surface area contributed by atoms with Crippen LogP contribution in [0.2, 0.25) is 0 Å². The first-order valence-electron chi connectivity index (χ1n) is 6.44. The fourth-order valence-corrected chi connectivity index (χ4v) is 2.52. The molecule has 2 rings (SSSR count). The van der Waals surface area contributed by atoms with Crippen LogP contribution < -0.4 is 0 Å². The predicted octanol–water partition coefficient (Wildman–Crippen LogP) is 1.86. The smallest absolute Gasteiger partial charge is 0.0712 e. The molecule has 3 heteroatoms. The van der Waals surface area contributed by atoms with Gasteiger partial charge in [-0.25, -0.2) is 0 Å². The van der Waals surface area contributed by atoms with Crippen molar-refractivity contribution >= 4 is 0 Å². The van der Waals surface area contributed by atoms with Gasteiger partial charge in [-0.2, -0.15) is 0 Å². The van der Waals surface area contributed by atoms with Gasteiger partial charge in [0, 0.05) is 37.9 Å². The minimum absolute atomic E-state index is 0.533. The van der Waals surface area contributed by atoms with Crippen LogP contribution in [0.3, 0.4) is 0 Å². The van der Waals surface area contributed by atoms with Crippen molar-refractivity contribution in [1.29, 1.82) is 0 Å². The average Bonchev–Trinajstić information content (AvgIpc) is 2.30. The van der Waals surface area contributed by atoms with E-state index in [1.807, 2.05) is 18.3 Å². The van der Waals surface area contributed by atoms with Crippen molar-refractivity contribution in [1.82, 2.24) is 9.88 Å². The third kappa shape index (κ3) is 3.27. The summed E-state index contributed by atoms with van der Waals surface area (Å²) in [6.07, 6.45) is 6.08. The van der Waals surface area contributed by atoms with Crippen LogP contribution >= 0.6 is 0 Å². The van der Waals surface area contributed by atoms with Crippen molar-refractivity contribution in [2.45, 2.75) is 44.8 Å². The van der Waals surface area contributed by atoms with Crippen LogP contribution in [0.4, 0.5) is 0 Å². The largest absolute Gasteiger partial charge is 0.389 e. The zero-order chi connectivity index (χ0) is 12.3. The molecule has 1 aromatic heterocycles. The molecule has 2 heterocycles. The van der Waals surface area contributed by atoms with E-state index in [1.165, 1.54) is 0 Å². The van der Waals surface area contributed by atoms with Crippen molar-refractivity contribution in [2.24, 2.45) is 0 Å². The Kier molecular flexibility index (Phi) is 3.79. The van der Waals surface area contributed by atoms with Crippen LogP contribution in [0.1, 0.15) is 32.3 Å². The summed E-state index contributed by atoms with van der Waals surface area (Å²) in [6, 6.07) is 4.56. The van der Waals surface area contributed by atoms with Gasteiger partial charge in [0.15, 0.2) is 0 Å². The third-order valence-electron chi connectivity index (χ3n) is 3.72. The molecule has 0 aromatic carbocycles. The van der Waals surface area contributed by atoms with E-state index >= 15 is 0 Å². The molecule has 1 aliphatic rings. The summed E-state index contributed by atoms with van der Waals surface area (Å²) < 4.78 is 0. The lowest BCUT2D eigenvalue weighted by Gasteiger charge is -2.40. The van der Waals surface area contributed by atoms with E-state index in [4.69, 9.17) is 0 Å². The number of aliphatic hydroxyl groups is 1. The topological polar surface area (TPSA) is 36.4 Å². The molecule has 3 nitrogen and oxygen atoms in total. The maximum absolute atomic E-state index is 10.6. The summed E-state index contributed by atoms with van der Waals surface area (Å²) >= 11 is 0. The molecule has 17 heavy (non-hydrogen) atoms. The number of nitrogens with zero attached hydrogens (tertiary/aromatic N) is 2. The van der Waals surface area contributed by atoms with Crippen LogP contribution in [-0.2, 0) is 6.42 Å². The van der Waals surface area contributed by atoms with Crippen molar-refractivity contribution in [3.05, 3.63) is 30.1 Å². The van der Waals surface area contributed by atoms with Gasteiger partial charge in [0.2, 0.25) is 0 Å². The van der Waals surface area contributed by atoms with E-state index in [-0.39, 0.29) is 0 Å². The number of piperidine rings is 1. The van der Waals surface area contributed by atoms with Gasteiger partial charge in [0.05, 0.1) is 5.60 Å². The van der Waals surface area contributed by atoms with Crippen LogP contribution in [-0.4, -0.2) is 39.7 Å². The zero-order valence-electron chi connectivity index (χ0n) is 10.8. The Morgan fingerprint density at radius 1 is 1.41 bits per heavy atom. The molecular formula is C14H22N2O. The molecule has 94 valence electrons. The first-order chi connectivity index (χ1) is 8.09. The standard InChI is InChI=1S/C14H22N2O/c1-12(2)16-8-5-14(17,6-9-16)10-13-4-3-7-15-11-13/h3-4,7,11-12,17H,5-6,8-10H2,1-2H3. The Balaban J connectivity index is 1.94. The molecule has 0 atom stereocenters. The Bertz CT molecular complexity index is 342. The van der Waals surface area contributed by atoms with Crippen LogP contribution in [0.25, 0.3) is 0 Å². The Labute approximate surface area is 103 Å². The van der Waals surface area contributed by atoms with Gasteiger partial charge in [-0.05, 0) is 38.3 Å². The highest BCUT2D eigenvalue weighted by Gasteiger charge is 2.32. The molecule has 0 bridgehead atoms. The summed E-state index contributed by atoms with van der Waals surface area (Å²) in [4.78, 5) is 6.53. The summed E-state index contributed by atoms with van der Waals surface area (Å²) in [5.41, 5.74) is 0.599. The molecule has 1 N–H and O–H groups in total. The molecule has 0 radical (unpaired) electrons. The lowest BCUT2D eigenvalue weighted by molar-refractivity contribution is -0.0271. The second kappa shape index (κ2) is 5.15. The molecule has 0 unspecified atom stereocenters. The molecule has 0 saturated carbocycles. The fourth-order valence-electron chi connectivity index (χ4n) is 2.52. The summed E-state index contributed by atoms with van der Waals surface area (Å²) in [5, 5.41) is 10.6. The van der Waals surface area contributed by atoms with E-state index < -0.39 is 5.60 Å². The average molecular weight is 234 g/mol. The second-order valence-corrected chi connectivity index (χ2v) is 5.39. The number of aromatic nitrogens is 1. The lowest BCUT2D eigenvalue weighted by Crippen LogP contribution is -2.47. The van der Waals surface area contributed by atoms with E-state index in [1.54, 1.807) is 6.20 Å². The lowest BCUT2D eigenvalue weighted by atomic mass is 9.85. The van der Waals surface area contributed by atoms with Crippen molar-refractivity contribution < 1.29 is 5.11 Å². The molecule has 0 spiro atoms. The van der Waals surface area contributed by atoms with Gasteiger partial charge in [0.25, 0.3) is 0 Å². The van der Waals surface area contributed by atoms with Crippen molar-refractivity contribution in [3.63, 3.8) is 0 Å². The van der Waals surface area contributed by atoms with E-state index in [0.29, 0.717) is 6.04 Å². The van der Waals surface area contributed by atoms with Gasteiger partial charge in [-0.15, -0.1) is 0 Å². The van der Waals surface area contributed by atoms with Gasteiger partial charge in [-0.1, -0.05) is 6.07 Å². The number of hydrogen-bond donors (Lipinski definition) is 1. The molecule has 1 saturated heterocycles. The van der Waals surface area contributed by atoms with Gasteiger partial charge in [0.1, 0.15) is 0 Å². The van der Waals surface area contributed by atoms with Crippen molar-refractivity contribution in [3.8, 4) is 0 Å². The summed E-state index contributed by atoms with van der Waals surface area (Å²) in [6.45, 7) is 6.42. The minimum atomic E-state index is -0.533. The number of rotatable bonds is 3. The first-order valence-corrected chi connectivity index (χ1v) is 6.44. The Morgan fingerprint density at radius 2 is 2.12 bits per heavy atom. The SMILES string of the molecule is CC(C)N1CCC(O)(Cc2cccnc2)CC1. The van der Waals surface area contributed by atoms with E-state index in [2.05, 4.69) is 23.7 Å². The monoisotopic (exact) mass is 234 g/mol. The van der Waals surface area contributed by atoms with Gasteiger partial charge >= 0.3 is 0 Å². The van der Waals surface area contributed by atoms with Crippen LogP contribution in [0, 0.1) is 0 Å². The van der Waals surface area contributed by atoms with Gasteiger partial charge in [-0.3, -0.25) is 4.98 Å². The quantitative estimate of drug-likeness (QED) is 0.867. The molecule has 1 aliphatic heterocycles. The second-order valence-electron chi connectivity index (χ2n) is 5.39. The minimum Gasteiger partial charge on any atom is -0.389 e. The highest BCUT2D eigenvalue weighted by atomic mass is 16.3. The van der Waals surface area contributed by atoms with Crippen molar-refractivity contribution in [2.75, 3.05) is 13.1 Å². The predicted molar refractivity (Wildman–Crippen MR) is 68.8 cm³/mol. The number of hydrogen-bond acceptors (Lipinski definition) is 3. The molecular weight excluding hydrogens is 212 g/mol. The van der Waals surface area contributed by atoms with E-state index in [0.717, 1.165) is 37.9 Å². The maximum atomic E-state index is 10.6. The highest BCUT2D eigenvalue weighted by molar-refractivity contribution is 5.12. The van der Waals surface area contributed by atoms with Crippen LogP contribution in [0.5, 0.6) is 0 Å². The molecule has 0 amide bonds. The number of likely N-dealkylation sites (tertiary alicyclic amines) is 1. The molecule has 1 fully saturated rings. The first kappa shape index (κ1) is 12.5. The maximum Gasteiger partial charge on any atom is 0.0712 e. The normalized spacial score (nSPS) is 20.7. The third-order valence-corrected chi connectivity index (χ3v) is 3.72. The Morgan fingerprint density at radius 3 is 2.65 bits per heavy atom. The number of pyridine rings is 1. The summed E-state index contributed by atoms with van der Waals surface area (Å²) in [5.74, 6) is 0. The fraction of sp³-hybridized carbons (Fsp3) is 0.643. The summed E-state index contributed by atoms with van der Waals surface area (Å²) in [7, 11) is 0. The van der Waals surface area contributed by atoms with Crippen LogP contribution in [0.15, 0.2) is 24.5 Å². The highest BCUT2D eigenvalue weighted by Crippen LogP contribution is 2.26. The van der Waals surface area contributed by atoms with Gasteiger partial charge < -0.3 is 10.0 Å². The Hall–Kier alpha value is -0.930. The van der Waals surface area contributed by atoms with E-state index in [9.17, 15) is 5.11 Å². The molecule has 1 aromatic rings. The molecule has 0 aliphatic carbocycles.